The first-order valence-corrected chi connectivity index (χ1v) is 6.67. The molecule has 0 spiro atoms. The summed E-state index contributed by atoms with van der Waals surface area (Å²) in [6.45, 7) is 12.7. The number of ether oxygens (including phenoxy) is 3. The molecular weight excluding hydrogens is 244 g/mol. The van der Waals surface area contributed by atoms with Crippen molar-refractivity contribution >= 4 is 5.97 Å². The van der Waals surface area contributed by atoms with E-state index in [1.807, 2.05) is 6.92 Å². The van der Waals surface area contributed by atoms with Crippen molar-refractivity contribution in [2.24, 2.45) is 0 Å². The van der Waals surface area contributed by atoms with Crippen LogP contribution in [-0.2, 0) is 19.0 Å². The highest BCUT2D eigenvalue weighted by molar-refractivity contribution is 5.76. The topological polar surface area (TPSA) is 44.8 Å². The first-order valence-electron chi connectivity index (χ1n) is 6.67. The van der Waals surface area contributed by atoms with Crippen LogP contribution in [0.4, 0.5) is 0 Å². The summed E-state index contributed by atoms with van der Waals surface area (Å²) < 4.78 is 16.7. The Labute approximate surface area is 115 Å². The summed E-state index contributed by atoms with van der Waals surface area (Å²) in [6.07, 6.45) is 4.48. The van der Waals surface area contributed by atoms with E-state index in [0.717, 1.165) is 6.42 Å². The second kappa shape index (κ2) is 6.87. The summed E-state index contributed by atoms with van der Waals surface area (Å²) in [5.41, 5.74) is 0. The summed E-state index contributed by atoms with van der Waals surface area (Å²) in [6, 6.07) is 0. The van der Waals surface area contributed by atoms with Gasteiger partial charge in [-0.1, -0.05) is 12.2 Å². The highest BCUT2D eigenvalue weighted by Gasteiger charge is 2.45. The van der Waals surface area contributed by atoms with E-state index in [-0.39, 0.29) is 18.2 Å². The molecule has 3 atom stereocenters. The van der Waals surface area contributed by atoms with E-state index in [0.29, 0.717) is 12.8 Å². The lowest BCUT2D eigenvalue weighted by atomic mass is 10.1. The van der Waals surface area contributed by atoms with Crippen LogP contribution in [0.15, 0.2) is 25.3 Å². The fraction of sp³-hybridized carbons (Fsp3) is 0.667. The molecule has 1 heterocycles. The fourth-order valence-corrected chi connectivity index (χ4v) is 2.08. The molecule has 0 amide bonds. The molecule has 4 nitrogen and oxygen atoms in total. The summed E-state index contributed by atoms with van der Waals surface area (Å²) in [7, 11) is 0. The Morgan fingerprint density at radius 3 is 2.63 bits per heavy atom. The molecule has 1 rings (SSSR count). The van der Waals surface area contributed by atoms with E-state index in [9.17, 15) is 4.79 Å². The van der Waals surface area contributed by atoms with Crippen LogP contribution in [0.1, 0.15) is 40.0 Å². The van der Waals surface area contributed by atoms with Crippen LogP contribution >= 0.6 is 0 Å². The second-order valence-electron chi connectivity index (χ2n) is 5.23. The lowest BCUT2D eigenvalue weighted by Gasteiger charge is -2.18. The van der Waals surface area contributed by atoms with Crippen molar-refractivity contribution in [3.63, 3.8) is 0 Å². The maximum atomic E-state index is 12.1. The molecule has 0 N–H and O–H groups in total. The molecule has 108 valence electrons. The van der Waals surface area contributed by atoms with Gasteiger partial charge in [-0.05, 0) is 33.6 Å². The Balaban J connectivity index is 2.63. The van der Waals surface area contributed by atoms with Crippen molar-refractivity contribution in [1.82, 2.24) is 0 Å². The highest BCUT2D eigenvalue weighted by Crippen LogP contribution is 2.31. The second-order valence-corrected chi connectivity index (χ2v) is 5.23. The van der Waals surface area contributed by atoms with Crippen LogP contribution in [0.5, 0.6) is 0 Å². The third-order valence-corrected chi connectivity index (χ3v) is 2.89. The predicted octanol–water partition coefficient (Wildman–Crippen LogP) is 2.98. The summed E-state index contributed by atoms with van der Waals surface area (Å²) in [5.74, 6) is -1.12. The number of carbonyl (C=O) groups is 1. The summed E-state index contributed by atoms with van der Waals surface area (Å²) >= 11 is 0. The number of hydrogen-bond donors (Lipinski definition) is 0. The monoisotopic (exact) mass is 268 g/mol. The molecule has 19 heavy (non-hydrogen) atoms. The standard InChI is InChI=1S/C15H24O4/c1-6-8-10-12-13(19-15(4,5)18-12)14(16)17-11(3)9-7-2/h6-7,11-13H,1-2,8-10H2,3-5H3/t11-,12+,13+/m1/s1. The van der Waals surface area contributed by atoms with Gasteiger partial charge in [-0.3, -0.25) is 0 Å². The minimum Gasteiger partial charge on any atom is -0.460 e. The number of allylic oxidation sites excluding steroid dienone is 1. The SMILES string of the molecule is C=CCC[C@@H]1OC(C)(C)O[C@@H]1C(=O)O[C@H](C)CC=C. The van der Waals surface area contributed by atoms with Crippen LogP contribution in [0, 0.1) is 0 Å². The number of esters is 1. The third kappa shape index (κ3) is 4.80. The van der Waals surface area contributed by atoms with E-state index >= 15 is 0 Å². The van der Waals surface area contributed by atoms with Gasteiger partial charge in [0.25, 0.3) is 0 Å². The van der Waals surface area contributed by atoms with Gasteiger partial charge in [-0.15, -0.1) is 13.2 Å². The van der Waals surface area contributed by atoms with E-state index in [2.05, 4.69) is 13.2 Å². The van der Waals surface area contributed by atoms with Crippen molar-refractivity contribution in [3.05, 3.63) is 25.3 Å². The van der Waals surface area contributed by atoms with Gasteiger partial charge in [0.15, 0.2) is 11.9 Å². The first kappa shape index (κ1) is 15.9. The smallest absolute Gasteiger partial charge is 0.338 e. The summed E-state index contributed by atoms with van der Waals surface area (Å²) in [5, 5.41) is 0. The molecule has 0 aromatic carbocycles. The molecule has 1 fully saturated rings. The fourth-order valence-electron chi connectivity index (χ4n) is 2.08. The van der Waals surface area contributed by atoms with Crippen molar-refractivity contribution in [3.8, 4) is 0 Å². The molecule has 1 aliphatic rings. The lowest BCUT2D eigenvalue weighted by molar-refractivity contribution is -0.173. The van der Waals surface area contributed by atoms with Crippen LogP contribution < -0.4 is 0 Å². The highest BCUT2D eigenvalue weighted by atomic mass is 16.8. The molecule has 0 unspecified atom stereocenters. The zero-order chi connectivity index (χ0) is 14.5. The molecule has 0 aliphatic carbocycles. The van der Waals surface area contributed by atoms with Crippen LogP contribution in [0.25, 0.3) is 0 Å². The van der Waals surface area contributed by atoms with Crippen LogP contribution in [0.3, 0.4) is 0 Å². The van der Waals surface area contributed by atoms with Gasteiger partial charge in [-0.25, -0.2) is 4.79 Å². The molecule has 0 aromatic rings. The zero-order valence-corrected chi connectivity index (χ0v) is 12.1. The van der Waals surface area contributed by atoms with E-state index < -0.39 is 11.9 Å². The molecule has 0 bridgehead atoms. The molecular formula is C15H24O4. The van der Waals surface area contributed by atoms with E-state index in [1.165, 1.54) is 0 Å². The maximum Gasteiger partial charge on any atom is 0.338 e. The summed E-state index contributed by atoms with van der Waals surface area (Å²) in [4.78, 5) is 12.1. The molecule has 0 radical (unpaired) electrons. The van der Waals surface area contributed by atoms with Gasteiger partial charge in [0.1, 0.15) is 6.10 Å². The van der Waals surface area contributed by atoms with Crippen molar-refractivity contribution in [2.75, 3.05) is 0 Å². The molecule has 1 aliphatic heterocycles. The van der Waals surface area contributed by atoms with Gasteiger partial charge in [0.2, 0.25) is 0 Å². The van der Waals surface area contributed by atoms with Gasteiger partial charge < -0.3 is 14.2 Å². The van der Waals surface area contributed by atoms with Gasteiger partial charge in [0.05, 0.1) is 6.10 Å². The minimum absolute atomic E-state index is 0.197. The Bertz CT molecular complexity index is 335. The van der Waals surface area contributed by atoms with Crippen molar-refractivity contribution in [1.29, 1.82) is 0 Å². The van der Waals surface area contributed by atoms with Gasteiger partial charge >= 0.3 is 5.97 Å². The average molecular weight is 268 g/mol. The average Bonchev–Trinajstić information content (AvgIpc) is 2.62. The van der Waals surface area contributed by atoms with Crippen molar-refractivity contribution in [2.45, 2.75) is 64.1 Å². The van der Waals surface area contributed by atoms with Gasteiger partial charge in [-0.2, -0.15) is 0 Å². The molecule has 0 saturated carbocycles. The molecule has 0 aromatic heterocycles. The molecule has 1 saturated heterocycles. The molecule has 4 heteroatoms. The maximum absolute atomic E-state index is 12.1. The Morgan fingerprint density at radius 2 is 2.05 bits per heavy atom. The van der Waals surface area contributed by atoms with E-state index in [4.69, 9.17) is 14.2 Å². The van der Waals surface area contributed by atoms with E-state index in [1.54, 1.807) is 26.0 Å². The van der Waals surface area contributed by atoms with Crippen LogP contribution in [-0.4, -0.2) is 30.1 Å². The number of hydrogen-bond acceptors (Lipinski definition) is 4. The quantitative estimate of drug-likeness (QED) is 0.526. The largest absolute Gasteiger partial charge is 0.460 e. The normalized spacial score (nSPS) is 26.7. The Kier molecular flexibility index (Phi) is 5.76. The third-order valence-electron chi connectivity index (χ3n) is 2.89. The number of carbonyl (C=O) groups excluding carboxylic acids is 1. The Morgan fingerprint density at radius 1 is 1.37 bits per heavy atom. The minimum atomic E-state index is -0.753. The van der Waals surface area contributed by atoms with Crippen molar-refractivity contribution < 1.29 is 19.0 Å². The van der Waals surface area contributed by atoms with Gasteiger partial charge in [0, 0.05) is 6.42 Å². The Hall–Kier alpha value is -1.13. The number of rotatable bonds is 7. The predicted molar refractivity (Wildman–Crippen MR) is 73.6 cm³/mol. The first-order chi connectivity index (χ1) is 8.89. The lowest BCUT2D eigenvalue weighted by Crippen LogP contribution is -2.35. The van der Waals surface area contributed by atoms with Crippen LogP contribution in [0.2, 0.25) is 0 Å². The zero-order valence-electron chi connectivity index (χ0n) is 12.1.